The molecule has 1 aromatic heterocycles. The first-order chi connectivity index (χ1) is 12.2. The zero-order chi connectivity index (χ0) is 18.9. The topological polar surface area (TPSA) is 40.6 Å². The number of nitrogens with zero attached hydrogens (tertiary/aromatic N) is 2. The summed E-state index contributed by atoms with van der Waals surface area (Å²) >= 11 is 7.25. The van der Waals surface area contributed by atoms with E-state index in [0.717, 1.165) is 16.4 Å². The Morgan fingerprint density at radius 3 is 2.38 bits per heavy atom. The van der Waals surface area contributed by atoms with Crippen LogP contribution in [0.3, 0.4) is 0 Å². The maximum atomic E-state index is 13.3. The van der Waals surface area contributed by atoms with Crippen LogP contribution >= 0.6 is 22.9 Å². The average Bonchev–Trinajstić information content (AvgIpc) is 3.07. The second-order valence-electron chi connectivity index (χ2n) is 5.90. The summed E-state index contributed by atoms with van der Waals surface area (Å²) in [4.78, 5) is 2.50. The third kappa shape index (κ3) is 4.23. The minimum absolute atomic E-state index is 0.146. The van der Waals surface area contributed by atoms with E-state index < -0.39 is 26.7 Å². The molecule has 0 amide bonds. The monoisotopic (exact) mass is 424 g/mol. The van der Waals surface area contributed by atoms with E-state index >= 15 is 0 Å². The summed E-state index contributed by atoms with van der Waals surface area (Å²) in [6.07, 6.45) is -4.80. The lowest BCUT2D eigenvalue weighted by molar-refractivity contribution is -0.139. The van der Waals surface area contributed by atoms with Gasteiger partial charge in [0, 0.05) is 42.6 Å². The van der Waals surface area contributed by atoms with Gasteiger partial charge in [0.15, 0.2) is 0 Å². The normalized spacial score (nSPS) is 17.5. The number of hydrogen-bond acceptors (Lipinski definition) is 4. The van der Waals surface area contributed by atoms with Gasteiger partial charge in [-0.2, -0.15) is 17.5 Å². The standard InChI is InChI=1S/C16H16ClF3N2O2S2/c17-12-3-4-15(14(10-12)16(18,19)20)26(23,24)22-7-5-21(6-8-22)11-13-2-1-9-25-13/h1-4,9-10H,5-8,11H2. The molecule has 2 heterocycles. The highest BCUT2D eigenvalue weighted by atomic mass is 35.5. The summed E-state index contributed by atoms with van der Waals surface area (Å²) < 4.78 is 66.4. The summed E-state index contributed by atoms with van der Waals surface area (Å²) in [6, 6.07) is 6.69. The number of sulfonamides is 1. The van der Waals surface area contributed by atoms with Crippen molar-refractivity contribution >= 4 is 33.0 Å². The molecule has 4 nitrogen and oxygen atoms in total. The Balaban J connectivity index is 1.78. The smallest absolute Gasteiger partial charge is 0.296 e. The summed E-state index contributed by atoms with van der Waals surface area (Å²) in [5.74, 6) is 0. The SMILES string of the molecule is O=S(=O)(c1ccc(Cl)cc1C(F)(F)F)N1CCN(Cc2cccs2)CC1. The second kappa shape index (κ2) is 7.47. The van der Waals surface area contributed by atoms with Crippen LogP contribution in [0.15, 0.2) is 40.6 Å². The minimum Gasteiger partial charge on any atom is -0.296 e. The molecule has 1 fully saturated rings. The molecule has 0 saturated carbocycles. The first-order valence-corrected chi connectivity index (χ1v) is 10.5. The highest BCUT2D eigenvalue weighted by Crippen LogP contribution is 2.37. The van der Waals surface area contributed by atoms with E-state index in [1.54, 1.807) is 11.3 Å². The van der Waals surface area contributed by atoms with Crippen molar-refractivity contribution in [1.82, 2.24) is 9.21 Å². The van der Waals surface area contributed by atoms with Gasteiger partial charge in [0.2, 0.25) is 10.0 Å². The first-order valence-electron chi connectivity index (χ1n) is 7.79. The number of halogens is 4. The average molecular weight is 425 g/mol. The van der Waals surface area contributed by atoms with Gasteiger partial charge < -0.3 is 0 Å². The quantitative estimate of drug-likeness (QED) is 0.746. The van der Waals surface area contributed by atoms with E-state index in [0.29, 0.717) is 25.7 Å². The molecular weight excluding hydrogens is 409 g/mol. The molecule has 0 spiro atoms. The van der Waals surface area contributed by atoms with Crippen molar-refractivity contribution in [2.45, 2.75) is 17.6 Å². The Labute approximate surface area is 158 Å². The van der Waals surface area contributed by atoms with Crippen LogP contribution in [0, 0.1) is 0 Å². The van der Waals surface area contributed by atoms with Gasteiger partial charge in [-0.3, -0.25) is 4.90 Å². The van der Waals surface area contributed by atoms with Crippen LogP contribution in [0.5, 0.6) is 0 Å². The summed E-state index contributed by atoms with van der Waals surface area (Å²) in [7, 11) is -4.25. The molecule has 1 aliphatic rings. The number of thiophene rings is 1. The molecule has 0 unspecified atom stereocenters. The fraction of sp³-hybridized carbons (Fsp3) is 0.375. The summed E-state index contributed by atoms with van der Waals surface area (Å²) in [5, 5.41) is 1.81. The van der Waals surface area contributed by atoms with Gasteiger partial charge in [-0.25, -0.2) is 8.42 Å². The Bertz CT molecular complexity index is 862. The van der Waals surface area contributed by atoms with Gasteiger partial charge in [0.05, 0.1) is 10.5 Å². The molecule has 0 bridgehead atoms. The van der Waals surface area contributed by atoms with Crippen LogP contribution in [-0.2, 0) is 22.7 Å². The molecule has 142 valence electrons. The molecule has 0 aliphatic carbocycles. The van der Waals surface area contributed by atoms with Crippen LogP contribution in [-0.4, -0.2) is 43.8 Å². The van der Waals surface area contributed by atoms with Crippen molar-refractivity contribution in [3.05, 3.63) is 51.2 Å². The molecule has 3 rings (SSSR count). The lowest BCUT2D eigenvalue weighted by atomic mass is 10.2. The molecule has 1 aliphatic heterocycles. The number of piperazine rings is 1. The van der Waals surface area contributed by atoms with Crippen molar-refractivity contribution in [1.29, 1.82) is 0 Å². The van der Waals surface area contributed by atoms with E-state index in [2.05, 4.69) is 4.90 Å². The number of rotatable bonds is 4. The molecule has 1 aromatic carbocycles. The summed E-state index contributed by atoms with van der Waals surface area (Å²) in [5.41, 5.74) is -1.23. The number of hydrogen-bond donors (Lipinski definition) is 0. The van der Waals surface area contributed by atoms with E-state index in [9.17, 15) is 21.6 Å². The van der Waals surface area contributed by atoms with Crippen molar-refractivity contribution in [2.75, 3.05) is 26.2 Å². The van der Waals surface area contributed by atoms with Gasteiger partial charge in [-0.1, -0.05) is 17.7 Å². The molecule has 1 saturated heterocycles. The van der Waals surface area contributed by atoms with E-state index in [1.165, 1.54) is 4.88 Å². The lowest BCUT2D eigenvalue weighted by Gasteiger charge is -2.34. The van der Waals surface area contributed by atoms with Gasteiger partial charge in [-0.05, 0) is 29.6 Å². The zero-order valence-electron chi connectivity index (χ0n) is 13.5. The Kier molecular flexibility index (Phi) is 5.64. The predicted octanol–water partition coefficient (Wildman–Crippen LogP) is 3.93. The first kappa shape index (κ1) is 19.6. The van der Waals surface area contributed by atoms with Crippen LogP contribution in [0.4, 0.5) is 13.2 Å². The van der Waals surface area contributed by atoms with Crippen molar-refractivity contribution in [3.8, 4) is 0 Å². The third-order valence-electron chi connectivity index (χ3n) is 4.16. The lowest BCUT2D eigenvalue weighted by Crippen LogP contribution is -2.48. The van der Waals surface area contributed by atoms with Crippen LogP contribution in [0.25, 0.3) is 0 Å². The summed E-state index contributed by atoms with van der Waals surface area (Å²) in [6.45, 7) is 1.93. The molecule has 0 radical (unpaired) electrons. The van der Waals surface area contributed by atoms with Gasteiger partial charge in [-0.15, -0.1) is 11.3 Å². The molecular formula is C16H16ClF3N2O2S2. The predicted molar refractivity (Wildman–Crippen MR) is 94.8 cm³/mol. The van der Waals surface area contributed by atoms with Crippen molar-refractivity contribution in [3.63, 3.8) is 0 Å². The maximum absolute atomic E-state index is 13.3. The maximum Gasteiger partial charge on any atom is 0.417 e. The fourth-order valence-corrected chi connectivity index (χ4v) is 5.37. The fourth-order valence-electron chi connectivity index (χ4n) is 2.84. The van der Waals surface area contributed by atoms with Crippen molar-refractivity contribution < 1.29 is 21.6 Å². The van der Waals surface area contributed by atoms with Gasteiger partial charge in [0.1, 0.15) is 0 Å². The van der Waals surface area contributed by atoms with Gasteiger partial charge in [0.25, 0.3) is 0 Å². The van der Waals surface area contributed by atoms with E-state index in [1.807, 2.05) is 17.5 Å². The molecule has 2 aromatic rings. The Morgan fingerprint density at radius 2 is 1.81 bits per heavy atom. The second-order valence-corrected chi connectivity index (χ2v) is 9.27. The van der Waals surface area contributed by atoms with Gasteiger partial charge >= 0.3 is 6.18 Å². The molecule has 0 atom stereocenters. The molecule has 0 N–H and O–H groups in total. The largest absolute Gasteiger partial charge is 0.417 e. The van der Waals surface area contributed by atoms with E-state index in [-0.39, 0.29) is 18.1 Å². The Hall–Kier alpha value is -1.13. The van der Waals surface area contributed by atoms with Crippen LogP contribution < -0.4 is 0 Å². The van der Waals surface area contributed by atoms with Crippen molar-refractivity contribution in [2.24, 2.45) is 0 Å². The molecule has 26 heavy (non-hydrogen) atoms. The minimum atomic E-state index is -4.80. The third-order valence-corrected chi connectivity index (χ3v) is 7.21. The zero-order valence-corrected chi connectivity index (χ0v) is 15.9. The van der Waals surface area contributed by atoms with E-state index in [4.69, 9.17) is 11.6 Å². The van der Waals surface area contributed by atoms with Crippen LogP contribution in [0.1, 0.15) is 10.4 Å². The van der Waals surface area contributed by atoms with Crippen LogP contribution in [0.2, 0.25) is 5.02 Å². The molecule has 10 heteroatoms. The highest BCUT2D eigenvalue weighted by molar-refractivity contribution is 7.89. The highest BCUT2D eigenvalue weighted by Gasteiger charge is 2.40. The number of alkyl halides is 3. The Morgan fingerprint density at radius 1 is 1.12 bits per heavy atom. The number of benzene rings is 1.